The summed E-state index contributed by atoms with van der Waals surface area (Å²) in [4.78, 5) is 30.3. The molecule has 2 N–H and O–H groups in total. The van der Waals surface area contributed by atoms with E-state index in [9.17, 15) is 14.7 Å². The molecule has 0 unspecified atom stereocenters. The van der Waals surface area contributed by atoms with Gasteiger partial charge in [-0.25, -0.2) is 9.78 Å². The van der Waals surface area contributed by atoms with Gasteiger partial charge in [0.2, 0.25) is 0 Å². The summed E-state index contributed by atoms with van der Waals surface area (Å²) < 4.78 is 5.76. The van der Waals surface area contributed by atoms with Gasteiger partial charge in [0.05, 0.1) is 12.8 Å². The smallest absolute Gasteiger partial charge is 0.326 e. The average Bonchev–Trinajstić information content (AvgIpc) is 3.38. The normalized spacial score (nSPS) is 15.4. The van der Waals surface area contributed by atoms with E-state index in [2.05, 4.69) is 56.4 Å². The molecule has 0 saturated heterocycles. The largest absolute Gasteiger partial charge is 0.496 e. The summed E-state index contributed by atoms with van der Waals surface area (Å²) in [6, 6.07) is 13.4. The lowest BCUT2D eigenvalue weighted by Crippen LogP contribution is -2.49. The van der Waals surface area contributed by atoms with Crippen molar-refractivity contribution in [2.45, 2.75) is 85.1 Å². The lowest BCUT2D eigenvalue weighted by atomic mass is 9.85. The number of carboxylic acid groups (broad SMARTS) is 1. The number of nitrogens with one attached hydrogen (secondary N) is 1. The number of carboxylic acids is 1. The summed E-state index contributed by atoms with van der Waals surface area (Å²) in [6.07, 6.45) is 5.46. The molecule has 1 aromatic heterocycles. The Morgan fingerprint density at radius 2 is 1.67 bits per heavy atom. The van der Waals surface area contributed by atoms with Crippen LogP contribution >= 0.6 is 0 Å². The fourth-order valence-electron chi connectivity index (χ4n) is 5.60. The minimum absolute atomic E-state index is 0.0544. The molecule has 1 heterocycles. The predicted octanol–water partition coefficient (Wildman–Crippen LogP) is 7.17. The highest BCUT2D eigenvalue weighted by Crippen LogP contribution is 2.39. The predicted molar refractivity (Wildman–Crippen MR) is 156 cm³/mol. The van der Waals surface area contributed by atoms with Crippen LogP contribution < -0.4 is 10.1 Å². The zero-order valence-corrected chi connectivity index (χ0v) is 24.4. The molecule has 6 heteroatoms. The Morgan fingerprint density at radius 3 is 2.21 bits per heavy atom. The van der Waals surface area contributed by atoms with Crippen LogP contribution in [0.2, 0.25) is 0 Å². The summed E-state index contributed by atoms with van der Waals surface area (Å²) in [5.74, 6) is -0.396. The zero-order valence-electron chi connectivity index (χ0n) is 24.4. The molecule has 3 aromatic rings. The van der Waals surface area contributed by atoms with Crippen molar-refractivity contribution >= 4 is 22.6 Å². The number of nitrogens with zero attached hydrogens (tertiary/aromatic N) is 1. The number of amides is 1. The fraction of sp³-hybridized carbons (Fsp3) is 0.485. The summed E-state index contributed by atoms with van der Waals surface area (Å²) in [7, 11) is 1.63. The topological polar surface area (TPSA) is 88.5 Å². The maximum Gasteiger partial charge on any atom is 0.326 e. The fourth-order valence-corrected chi connectivity index (χ4v) is 5.60. The van der Waals surface area contributed by atoms with E-state index >= 15 is 0 Å². The van der Waals surface area contributed by atoms with Crippen LogP contribution in [-0.2, 0) is 16.6 Å². The van der Waals surface area contributed by atoms with Crippen molar-refractivity contribution in [1.29, 1.82) is 0 Å². The molecule has 39 heavy (non-hydrogen) atoms. The van der Waals surface area contributed by atoms with Crippen LogP contribution in [0.1, 0.15) is 89.0 Å². The average molecular weight is 531 g/mol. The first kappa shape index (κ1) is 28.6. The molecule has 0 spiro atoms. The standard InChI is InChI=1S/C33H42N2O4/c1-32(2,3)22-14-12-21(13-15-22)23-16-17-27(39-7)24-19-26(30(36)35-29(31(37)38)33(4,5)6)34-25(28(23)24)18-20-10-8-9-11-20/h12-17,19-20,29H,8-11,18H2,1-7H3,(H,35,36)(H,37,38)/t29-/m0/s1. The molecule has 1 saturated carbocycles. The number of benzene rings is 2. The summed E-state index contributed by atoms with van der Waals surface area (Å²) in [5, 5.41) is 14.3. The van der Waals surface area contributed by atoms with Gasteiger partial charge < -0.3 is 15.2 Å². The van der Waals surface area contributed by atoms with Crippen LogP contribution in [0.25, 0.3) is 21.9 Å². The van der Waals surface area contributed by atoms with E-state index in [4.69, 9.17) is 9.72 Å². The molecular formula is C33H42N2O4. The van der Waals surface area contributed by atoms with Gasteiger partial charge in [-0.2, -0.15) is 0 Å². The number of rotatable bonds is 7. The number of carbonyl (C=O) groups is 2. The molecule has 4 rings (SSSR count). The van der Waals surface area contributed by atoms with Crippen molar-refractivity contribution in [3.63, 3.8) is 0 Å². The monoisotopic (exact) mass is 530 g/mol. The Balaban J connectivity index is 1.89. The molecule has 208 valence electrons. The minimum Gasteiger partial charge on any atom is -0.496 e. The zero-order chi connectivity index (χ0) is 28.5. The third kappa shape index (κ3) is 6.26. The number of hydrogen-bond donors (Lipinski definition) is 2. The van der Waals surface area contributed by atoms with Crippen LogP contribution in [0, 0.1) is 11.3 Å². The number of carbonyl (C=O) groups excluding carboxylic acids is 1. The van der Waals surface area contributed by atoms with Crippen LogP contribution in [0.4, 0.5) is 0 Å². The van der Waals surface area contributed by atoms with Gasteiger partial charge in [0.25, 0.3) is 5.91 Å². The molecule has 2 aromatic carbocycles. The lowest BCUT2D eigenvalue weighted by Gasteiger charge is -2.27. The molecule has 1 amide bonds. The quantitative estimate of drug-likeness (QED) is 0.338. The van der Waals surface area contributed by atoms with Gasteiger partial charge in [-0.1, -0.05) is 91.5 Å². The molecule has 6 nitrogen and oxygen atoms in total. The number of fused-ring (bicyclic) bond motifs is 1. The van der Waals surface area contributed by atoms with Crippen molar-refractivity contribution in [1.82, 2.24) is 10.3 Å². The minimum atomic E-state index is -1.07. The number of pyridine rings is 1. The molecule has 1 aliphatic rings. The number of hydrogen-bond acceptors (Lipinski definition) is 4. The summed E-state index contributed by atoms with van der Waals surface area (Å²) in [5.41, 5.74) is 3.87. The van der Waals surface area contributed by atoms with Gasteiger partial charge in [0.15, 0.2) is 0 Å². The van der Waals surface area contributed by atoms with Crippen molar-refractivity contribution in [2.75, 3.05) is 7.11 Å². The maximum absolute atomic E-state index is 13.4. The van der Waals surface area contributed by atoms with Crippen molar-refractivity contribution < 1.29 is 19.4 Å². The van der Waals surface area contributed by atoms with E-state index in [1.54, 1.807) is 33.9 Å². The first-order valence-corrected chi connectivity index (χ1v) is 13.9. The van der Waals surface area contributed by atoms with Crippen molar-refractivity contribution in [2.24, 2.45) is 11.3 Å². The molecule has 0 radical (unpaired) electrons. The first-order chi connectivity index (χ1) is 18.3. The Morgan fingerprint density at radius 1 is 1.03 bits per heavy atom. The Hall–Kier alpha value is -3.41. The van der Waals surface area contributed by atoms with Crippen LogP contribution in [0.3, 0.4) is 0 Å². The van der Waals surface area contributed by atoms with Gasteiger partial charge in [-0.15, -0.1) is 0 Å². The van der Waals surface area contributed by atoms with E-state index in [-0.39, 0.29) is 11.1 Å². The Labute approximate surface area is 232 Å². The summed E-state index contributed by atoms with van der Waals surface area (Å²) >= 11 is 0. The molecule has 0 aliphatic heterocycles. The van der Waals surface area contributed by atoms with Crippen LogP contribution in [-0.4, -0.2) is 35.1 Å². The second-order valence-corrected chi connectivity index (χ2v) is 13.0. The van der Waals surface area contributed by atoms with Crippen molar-refractivity contribution in [3.05, 3.63) is 59.4 Å². The number of aliphatic carboxylic acids is 1. The molecule has 0 bridgehead atoms. The number of aromatic nitrogens is 1. The van der Waals surface area contributed by atoms with Crippen molar-refractivity contribution in [3.8, 4) is 16.9 Å². The molecule has 1 atom stereocenters. The van der Waals surface area contributed by atoms with Gasteiger partial charge >= 0.3 is 5.97 Å². The Kier molecular flexibility index (Phi) is 8.06. The Bertz CT molecular complexity index is 1360. The lowest BCUT2D eigenvalue weighted by molar-refractivity contribution is -0.142. The van der Waals surface area contributed by atoms with E-state index in [1.165, 1.54) is 18.4 Å². The van der Waals surface area contributed by atoms with E-state index < -0.39 is 23.3 Å². The van der Waals surface area contributed by atoms with E-state index in [0.29, 0.717) is 11.7 Å². The van der Waals surface area contributed by atoms with Crippen LogP contribution in [0.15, 0.2) is 42.5 Å². The SMILES string of the molecule is COc1ccc(-c2ccc(C(C)(C)C)cc2)c2c(CC3CCCC3)nc(C(=O)N[C@@H](C(=O)O)C(C)(C)C)cc12. The maximum atomic E-state index is 13.4. The second-order valence-electron chi connectivity index (χ2n) is 13.0. The van der Waals surface area contributed by atoms with Gasteiger partial charge in [0, 0.05) is 10.8 Å². The molecular weight excluding hydrogens is 488 g/mol. The first-order valence-electron chi connectivity index (χ1n) is 13.9. The number of ether oxygens (including phenoxy) is 1. The number of methoxy groups -OCH3 is 1. The highest BCUT2D eigenvalue weighted by atomic mass is 16.5. The van der Waals surface area contributed by atoms with Gasteiger partial charge in [0.1, 0.15) is 17.5 Å². The third-order valence-electron chi connectivity index (χ3n) is 7.89. The van der Waals surface area contributed by atoms with E-state index in [0.717, 1.165) is 46.9 Å². The highest BCUT2D eigenvalue weighted by molar-refractivity contribution is 6.05. The molecule has 1 fully saturated rings. The van der Waals surface area contributed by atoms with Gasteiger partial charge in [-0.05, 0) is 58.1 Å². The van der Waals surface area contributed by atoms with Crippen LogP contribution in [0.5, 0.6) is 5.75 Å². The molecule has 1 aliphatic carbocycles. The highest BCUT2D eigenvalue weighted by Gasteiger charge is 2.33. The van der Waals surface area contributed by atoms with E-state index in [1.807, 2.05) is 6.07 Å². The van der Waals surface area contributed by atoms with Gasteiger partial charge in [-0.3, -0.25) is 4.79 Å². The summed E-state index contributed by atoms with van der Waals surface area (Å²) in [6.45, 7) is 12.0. The second kappa shape index (κ2) is 11.0. The third-order valence-corrected chi connectivity index (χ3v) is 7.89.